The number of hydrogen-bond acceptors (Lipinski definition) is 4. The molecule has 2 unspecified atom stereocenters. The average Bonchev–Trinajstić information content (AvgIpc) is 2.86. The van der Waals surface area contributed by atoms with Crippen LogP contribution in [0.5, 0.6) is 0 Å². The van der Waals surface area contributed by atoms with Crippen molar-refractivity contribution in [2.75, 3.05) is 13.2 Å². The molecule has 1 amide bonds. The molecule has 2 atom stereocenters. The Labute approximate surface area is 147 Å². The van der Waals surface area contributed by atoms with E-state index in [4.69, 9.17) is 9.47 Å². The molecule has 0 spiro atoms. The van der Waals surface area contributed by atoms with Gasteiger partial charge in [0.15, 0.2) is 0 Å². The van der Waals surface area contributed by atoms with Crippen LogP contribution in [0.25, 0.3) is 0 Å². The van der Waals surface area contributed by atoms with Gasteiger partial charge >= 0.3 is 0 Å². The fourth-order valence-corrected chi connectivity index (χ4v) is 2.97. The third kappa shape index (κ3) is 7.31. The van der Waals surface area contributed by atoms with Crippen molar-refractivity contribution in [3.8, 4) is 0 Å². The van der Waals surface area contributed by atoms with E-state index in [1.807, 2.05) is 46.4 Å². The number of nitrogens with zero attached hydrogens (tertiary/aromatic N) is 1. The van der Waals surface area contributed by atoms with Crippen LogP contribution in [-0.2, 0) is 19.1 Å². The zero-order chi connectivity index (χ0) is 18.3. The second-order valence-electron chi connectivity index (χ2n) is 7.60. The highest BCUT2D eigenvalue weighted by atomic mass is 16.5. The van der Waals surface area contributed by atoms with Crippen LogP contribution in [0.4, 0.5) is 0 Å². The van der Waals surface area contributed by atoms with Gasteiger partial charge in [-0.15, -0.1) is 0 Å². The third-order valence-electron chi connectivity index (χ3n) is 4.24. The number of amides is 1. The molecule has 1 rings (SSSR count). The van der Waals surface area contributed by atoms with Gasteiger partial charge in [-0.25, -0.2) is 0 Å². The smallest absolute Gasteiger partial charge is 0.223 e. The first-order valence-electron chi connectivity index (χ1n) is 9.29. The van der Waals surface area contributed by atoms with Gasteiger partial charge < -0.3 is 14.4 Å². The third-order valence-corrected chi connectivity index (χ3v) is 4.24. The van der Waals surface area contributed by atoms with E-state index in [-0.39, 0.29) is 42.0 Å². The number of carbonyl (C=O) groups is 2. The van der Waals surface area contributed by atoms with Gasteiger partial charge in [-0.1, -0.05) is 13.8 Å². The molecule has 0 radical (unpaired) electrons. The first-order chi connectivity index (χ1) is 11.2. The van der Waals surface area contributed by atoms with E-state index >= 15 is 0 Å². The fraction of sp³-hybridized carbons (Fsp3) is 0.895. The predicted molar refractivity (Wildman–Crippen MR) is 94.9 cm³/mol. The zero-order valence-electron chi connectivity index (χ0n) is 16.2. The van der Waals surface area contributed by atoms with Gasteiger partial charge in [-0.3, -0.25) is 9.59 Å². The van der Waals surface area contributed by atoms with Crippen LogP contribution in [0.2, 0.25) is 0 Å². The summed E-state index contributed by atoms with van der Waals surface area (Å²) in [4.78, 5) is 26.2. The average molecular weight is 341 g/mol. The Morgan fingerprint density at radius 3 is 2.25 bits per heavy atom. The Kier molecular flexibility index (Phi) is 8.92. The predicted octanol–water partition coefficient (Wildman–Crippen LogP) is 3.20. The molecule has 5 nitrogen and oxygen atoms in total. The largest absolute Gasteiger partial charge is 0.377 e. The van der Waals surface area contributed by atoms with Gasteiger partial charge in [0.2, 0.25) is 5.91 Å². The summed E-state index contributed by atoms with van der Waals surface area (Å²) < 4.78 is 11.6. The molecule has 1 aliphatic heterocycles. The second-order valence-corrected chi connectivity index (χ2v) is 7.60. The van der Waals surface area contributed by atoms with Gasteiger partial charge in [0, 0.05) is 25.3 Å². The maximum absolute atomic E-state index is 12.6. The quantitative estimate of drug-likeness (QED) is 0.612. The van der Waals surface area contributed by atoms with Crippen LogP contribution in [0, 0.1) is 5.92 Å². The SMILES string of the molecule is CC(C)OCC1CC(OC(C)C)CN1C(=O)CCCC(=O)C(C)C. The van der Waals surface area contributed by atoms with Gasteiger partial charge in [0.05, 0.1) is 31.0 Å². The summed E-state index contributed by atoms with van der Waals surface area (Å²) in [6.07, 6.45) is 2.73. The summed E-state index contributed by atoms with van der Waals surface area (Å²) in [5.74, 6) is 0.381. The number of ether oxygens (including phenoxy) is 2. The molecule has 0 bridgehead atoms. The van der Waals surface area contributed by atoms with Crippen LogP contribution >= 0.6 is 0 Å². The summed E-state index contributed by atoms with van der Waals surface area (Å²) in [5, 5.41) is 0. The molecule has 0 aliphatic carbocycles. The minimum atomic E-state index is 0.0444. The van der Waals surface area contributed by atoms with Crippen LogP contribution in [-0.4, -0.2) is 54.1 Å². The molecule has 1 heterocycles. The van der Waals surface area contributed by atoms with E-state index in [0.29, 0.717) is 32.4 Å². The lowest BCUT2D eigenvalue weighted by Gasteiger charge is -2.25. The maximum Gasteiger partial charge on any atom is 0.223 e. The molecule has 0 aromatic rings. The molecule has 1 aliphatic rings. The first kappa shape index (κ1) is 21.1. The first-order valence-corrected chi connectivity index (χ1v) is 9.29. The topological polar surface area (TPSA) is 55.8 Å². The highest BCUT2D eigenvalue weighted by Gasteiger charge is 2.36. The van der Waals surface area contributed by atoms with Gasteiger partial charge in [0.25, 0.3) is 0 Å². The Hall–Kier alpha value is -0.940. The van der Waals surface area contributed by atoms with Crippen LogP contribution in [0.1, 0.15) is 67.2 Å². The summed E-state index contributed by atoms with van der Waals surface area (Å²) in [5.41, 5.74) is 0. The molecule has 140 valence electrons. The second kappa shape index (κ2) is 10.1. The molecule has 1 fully saturated rings. The monoisotopic (exact) mass is 341 g/mol. The lowest BCUT2D eigenvalue weighted by Crippen LogP contribution is -2.39. The summed E-state index contributed by atoms with van der Waals surface area (Å²) in [7, 11) is 0. The Morgan fingerprint density at radius 1 is 1.04 bits per heavy atom. The van der Waals surface area contributed by atoms with E-state index in [2.05, 4.69) is 0 Å². The van der Waals surface area contributed by atoms with Crippen molar-refractivity contribution in [2.24, 2.45) is 5.92 Å². The standard InChI is InChI=1S/C19H35NO4/c1-13(2)18(21)8-7-9-19(22)20-11-17(24-15(5)6)10-16(20)12-23-14(3)4/h13-17H,7-12H2,1-6H3. The Bertz CT molecular complexity index is 406. The van der Waals surface area contributed by atoms with Crippen molar-refractivity contribution < 1.29 is 19.1 Å². The van der Waals surface area contributed by atoms with Crippen molar-refractivity contribution >= 4 is 11.7 Å². The van der Waals surface area contributed by atoms with Gasteiger partial charge in [-0.05, 0) is 40.5 Å². The highest BCUT2D eigenvalue weighted by Crippen LogP contribution is 2.23. The zero-order valence-corrected chi connectivity index (χ0v) is 16.2. The number of rotatable bonds is 10. The normalized spacial score (nSPS) is 21.3. The van der Waals surface area contributed by atoms with Gasteiger partial charge in [-0.2, -0.15) is 0 Å². The number of Topliss-reactive ketones (excluding diaryl/α,β-unsaturated/α-hetero) is 1. The molecule has 0 N–H and O–H groups in total. The Balaban J connectivity index is 2.55. The highest BCUT2D eigenvalue weighted by molar-refractivity contribution is 5.81. The molecule has 0 aromatic heterocycles. The lowest BCUT2D eigenvalue weighted by atomic mass is 10.0. The van der Waals surface area contributed by atoms with Crippen molar-refractivity contribution in [3.05, 3.63) is 0 Å². The molecule has 0 aromatic carbocycles. The summed E-state index contributed by atoms with van der Waals surface area (Å²) in [6.45, 7) is 13.0. The van der Waals surface area contributed by atoms with E-state index in [9.17, 15) is 9.59 Å². The Morgan fingerprint density at radius 2 is 1.71 bits per heavy atom. The fourth-order valence-electron chi connectivity index (χ4n) is 2.97. The van der Waals surface area contributed by atoms with E-state index in [0.717, 1.165) is 6.42 Å². The van der Waals surface area contributed by atoms with Crippen molar-refractivity contribution in [2.45, 2.75) is 91.6 Å². The van der Waals surface area contributed by atoms with Crippen molar-refractivity contribution in [1.82, 2.24) is 4.90 Å². The van der Waals surface area contributed by atoms with E-state index < -0.39 is 0 Å². The number of carbonyl (C=O) groups excluding carboxylic acids is 2. The van der Waals surface area contributed by atoms with Crippen LogP contribution in [0.3, 0.4) is 0 Å². The van der Waals surface area contributed by atoms with Gasteiger partial charge in [0.1, 0.15) is 5.78 Å². The van der Waals surface area contributed by atoms with E-state index in [1.54, 1.807) is 0 Å². The molecule has 24 heavy (non-hydrogen) atoms. The molecular formula is C19H35NO4. The minimum absolute atomic E-state index is 0.0444. The molecule has 1 saturated heterocycles. The maximum atomic E-state index is 12.6. The van der Waals surface area contributed by atoms with Crippen LogP contribution in [0.15, 0.2) is 0 Å². The van der Waals surface area contributed by atoms with Crippen molar-refractivity contribution in [3.63, 3.8) is 0 Å². The molecular weight excluding hydrogens is 306 g/mol. The van der Waals surface area contributed by atoms with Crippen LogP contribution < -0.4 is 0 Å². The van der Waals surface area contributed by atoms with Crippen molar-refractivity contribution in [1.29, 1.82) is 0 Å². The summed E-state index contributed by atoms with van der Waals surface area (Å²) >= 11 is 0. The lowest BCUT2D eigenvalue weighted by molar-refractivity contribution is -0.134. The van der Waals surface area contributed by atoms with E-state index in [1.165, 1.54) is 0 Å². The minimum Gasteiger partial charge on any atom is -0.377 e. The number of likely N-dealkylation sites (tertiary alicyclic amines) is 1. The molecule has 0 saturated carbocycles. The number of ketones is 1. The molecule has 5 heteroatoms. The number of hydrogen-bond donors (Lipinski definition) is 0. The summed E-state index contributed by atoms with van der Waals surface area (Å²) in [6, 6.07) is 0.0736.